The second-order valence-corrected chi connectivity index (χ2v) is 9.54. The summed E-state index contributed by atoms with van der Waals surface area (Å²) in [5.41, 5.74) is 1.98. The van der Waals surface area contributed by atoms with Crippen LogP contribution in [-0.2, 0) is 26.2 Å². The van der Waals surface area contributed by atoms with E-state index in [1.807, 2.05) is 31.2 Å². The maximum atomic E-state index is 13.1. The molecule has 0 aliphatic carbocycles. The van der Waals surface area contributed by atoms with Gasteiger partial charge in [-0.2, -0.15) is 0 Å². The third kappa shape index (κ3) is 4.67. The van der Waals surface area contributed by atoms with Crippen LogP contribution in [0.2, 0.25) is 0 Å². The third-order valence-electron chi connectivity index (χ3n) is 5.39. The molecule has 0 radical (unpaired) electrons. The molecule has 3 amide bonds. The first kappa shape index (κ1) is 23.5. The monoisotopic (exact) mass is 457 g/mol. The normalized spacial score (nSPS) is 15.2. The van der Waals surface area contributed by atoms with Gasteiger partial charge in [-0.15, -0.1) is 0 Å². The fraction of sp³-hybridized carbons (Fsp3) is 0.348. The van der Waals surface area contributed by atoms with Gasteiger partial charge in [-0.1, -0.05) is 42.0 Å². The number of carbonyl (C=O) groups is 3. The van der Waals surface area contributed by atoms with Crippen molar-refractivity contribution in [1.82, 2.24) is 14.5 Å². The minimum absolute atomic E-state index is 0.0512. The lowest BCUT2D eigenvalue weighted by Crippen LogP contribution is -2.48. The van der Waals surface area contributed by atoms with Crippen molar-refractivity contribution >= 4 is 27.7 Å². The SMILES string of the molecule is CCNC(=O)[C@H](C)N(Cc1cccc(C)c1)C(=O)CCN1C(=O)c2ccccc2S1(=O)=O. The molecule has 1 aliphatic heterocycles. The van der Waals surface area contributed by atoms with E-state index >= 15 is 0 Å². The molecule has 9 heteroatoms. The van der Waals surface area contributed by atoms with Crippen molar-refractivity contribution in [3.63, 3.8) is 0 Å². The fourth-order valence-corrected chi connectivity index (χ4v) is 5.27. The first-order valence-electron chi connectivity index (χ1n) is 10.5. The summed E-state index contributed by atoms with van der Waals surface area (Å²) in [5.74, 6) is -1.36. The van der Waals surface area contributed by atoms with Crippen molar-refractivity contribution in [1.29, 1.82) is 0 Å². The van der Waals surface area contributed by atoms with Crippen molar-refractivity contribution in [2.45, 2.75) is 44.7 Å². The molecule has 2 aromatic carbocycles. The van der Waals surface area contributed by atoms with E-state index in [1.54, 1.807) is 26.0 Å². The van der Waals surface area contributed by atoms with Crippen molar-refractivity contribution in [3.8, 4) is 0 Å². The van der Waals surface area contributed by atoms with Gasteiger partial charge in [0.2, 0.25) is 11.8 Å². The number of hydrogen-bond acceptors (Lipinski definition) is 5. The first-order valence-corrected chi connectivity index (χ1v) is 11.9. The molecule has 3 rings (SSSR count). The van der Waals surface area contributed by atoms with Crippen molar-refractivity contribution in [3.05, 3.63) is 65.2 Å². The Morgan fingerprint density at radius 1 is 1.12 bits per heavy atom. The van der Waals surface area contributed by atoms with E-state index in [-0.39, 0.29) is 35.9 Å². The number of likely N-dealkylation sites (N-methyl/N-ethyl adjacent to an activating group) is 1. The molecular formula is C23H27N3O5S. The Morgan fingerprint density at radius 3 is 2.50 bits per heavy atom. The molecule has 0 spiro atoms. The van der Waals surface area contributed by atoms with Gasteiger partial charge in [0.05, 0.1) is 5.56 Å². The van der Waals surface area contributed by atoms with Crippen LogP contribution < -0.4 is 5.32 Å². The zero-order chi connectivity index (χ0) is 23.5. The van der Waals surface area contributed by atoms with E-state index in [4.69, 9.17) is 0 Å². The first-order chi connectivity index (χ1) is 15.2. The molecule has 170 valence electrons. The van der Waals surface area contributed by atoms with Crippen molar-refractivity contribution < 1.29 is 22.8 Å². The third-order valence-corrected chi connectivity index (χ3v) is 7.23. The number of nitrogens with one attached hydrogen (secondary N) is 1. The average Bonchev–Trinajstić information content (AvgIpc) is 2.95. The molecule has 1 N–H and O–H groups in total. The van der Waals surface area contributed by atoms with Gasteiger partial charge < -0.3 is 10.2 Å². The Balaban J connectivity index is 1.79. The molecule has 1 heterocycles. The van der Waals surface area contributed by atoms with Gasteiger partial charge in [-0.05, 0) is 38.5 Å². The van der Waals surface area contributed by atoms with E-state index in [0.29, 0.717) is 6.54 Å². The molecule has 0 saturated heterocycles. The maximum absolute atomic E-state index is 13.1. The van der Waals surface area contributed by atoms with Crippen LogP contribution in [0, 0.1) is 6.92 Å². The number of benzene rings is 2. The van der Waals surface area contributed by atoms with Crippen molar-refractivity contribution in [2.75, 3.05) is 13.1 Å². The summed E-state index contributed by atoms with van der Waals surface area (Å²) in [5, 5.41) is 2.71. The number of fused-ring (bicyclic) bond motifs is 1. The van der Waals surface area contributed by atoms with Crippen LogP contribution in [0.15, 0.2) is 53.4 Å². The Kier molecular flexibility index (Phi) is 6.98. The van der Waals surface area contributed by atoms with Gasteiger partial charge in [0.15, 0.2) is 0 Å². The van der Waals surface area contributed by atoms with Crippen LogP contribution in [0.1, 0.15) is 41.8 Å². The Hall–Kier alpha value is -3.20. The number of sulfonamides is 1. The molecule has 8 nitrogen and oxygen atoms in total. The van der Waals surface area contributed by atoms with Crippen LogP contribution in [0.25, 0.3) is 0 Å². The van der Waals surface area contributed by atoms with Crippen LogP contribution in [0.5, 0.6) is 0 Å². The molecule has 2 aromatic rings. The zero-order valence-electron chi connectivity index (χ0n) is 18.4. The van der Waals surface area contributed by atoms with Gasteiger partial charge in [0.1, 0.15) is 10.9 Å². The van der Waals surface area contributed by atoms with E-state index in [2.05, 4.69) is 5.32 Å². The maximum Gasteiger partial charge on any atom is 0.269 e. The van der Waals surface area contributed by atoms with Crippen molar-refractivity contribution in [2.24, 2.45) is 0 Å². The summed E-state index contributed by atoms with van der Waals surface area (Å²) < 4.78 is 26.2. The fourth-order valence-electron chi connectivity index (χ4n) is 3.70. The summed E-state index contributed by atoms with van der Waals surface area (Å²) in [4.78, 5) is 39.6. The number of aryl methyl sites for hydroxylation is 1. The highest BCUT2D eigenvalue weighted by Gasteiger charge is 2.41. The largest absolute Gasteiger partial charge is 0.355 e. The van der Waals surface area contributed by atoms with Gasteiger partial charge in [0.25, 0.3) is 15.9 Å². The van der Waals surface area contributed by atoms with E-state index in [9.17, 15) is 22.8 Å². The molecule has 0 bridgehead atoms. The second-order valence-electron chi connectivity index (χ2n) is 7.71. The quantitative estimate of drug-likeness (QED) is 0.654. The molecule has 0 aromatic heterocycles. The molecule has 1 aliphatic rings. The van der Waals surface area contributed by atoms with E-state index in [0.717, 1.165) is 15.4 Å². The Bertz CT molecular complexity index is 1150. The topological polar surface area (TPSA) is 104 Å². The smallest absolute Gasteiger partial charge is 0.269 e. The predicted molar refractivity (Wildman–Crippen MR) is 119 cm³/mol. The van der Waals surface area contributed by atoms with Gasteiger partial charge in [0, 0.05) is 26.1 Å². The predicted octanol–water partition coefficient (Wildman–Crippen LogP) is 2.08. The molecule has 32 heavy (non-hydrogen) atoms. The van der Waals surface area contributed by atoms with Crippen LogP contribution in [0.3, 0.4) is 0 Å². The van der Waals surface area contributed by atoms with Crippen LogP contribution >= 0.6 is 0 Å². The number of nitrogens with zero attached hydrogens (tertiary/aromatic N) is 2. The summed E-state index contributed by atoms with van der Waals surface area (Å²) in [6, 6.07) is 12.8. The molecule has 0 unspecified atom stereocenters. The Labute approximate surface area is 188 Å². The summed E-state index contributed by atoms with van der Waals surface area (Å²) in [6.45, 7) is 5.69. The highest BCUT2D eigenvalue weighted by molar-refractivity contribution is 7.90. The van der Waals surface area contributed by atoms with E-state index in [1.165, 1.54) is 17.0 Å². The molecule has 1 atom stereocenters. The second kappa shape index (κ2) is 9.52. The highest BCUT2D eigenvalue weighted by Crippen LogP contribution is 2.30. The summed E-state index contributed by atoms with van der Waals surface area (Å²) in [7, 11) is -3.99. The van der Waals surface area contributed by atoms with Gasteiger partial charge in [-0.25, -0.2) is 12.7 Å². The number of hydrogen-bond donors (Lipinski definition) is 1. The highest BCUT2D eigenvalue weighted by atomic mass is 32.2. The molecule has 0 saturated carbocycles. The lowest BCUT2D eigenvalue weighted by molar-refractivity contribution is -0.140. The number of rotatable bonds is 8. The van der Waals surface area contributed by atoms with Gasteiger partial charge >= 0.3 is 0 Å². The minimum atomic E-state index is -3.99. The summed E-state index contributed by atoms with van der Waals surface area (Å²) >= 11 is 0. The average molecular weight is 458 g/mol. The van der Waals surface area contributed by atoms with Crippen LogP contribution in [0.4, 0.5) is 0 Å². The zero-order valence-corrected chi connectivity index (χ0v) is 19.2. The summed E-state index contributed by atoms with van der Waals surface area (Å²) in [6.07, 6.45) is -0.228. The lowest BCUT2D eigenvalue weighted by Gasteiger charge is -2.29. The Morgan fingerprint density at radius 2 is 1.84 bits per heavy atom. The standard InChI is InChI=1S/C23H27N3O5S/c1-4-24-22(28)17(3)25(15-18-9-7-8-16(2)14-18)21(27)12-13-26-23(29)19-10-5-6-11-20(19)32(26,30)31/h5-11,14,17H,4,12-13,15H2,1-3H3,(H,24,28)/t17-/m0/s1. The number of amides is 3. The number of carbonyl (C=O) groups excluding carboxylic acids is 3. The van der Waals surface area contributed by atoms with Gasteiger partial charge in [-0.3, -0.25) is 14.4 Å². The minimum Gasteiger partial charge on any atom is -0.355 e. The van der Waals surface area contributed by atoms with Crippen LogP contribution in [-0.4, -0.2) is 54.5 Å². The van der Waals surface area contributed by atoms with E-state index < -0.39 is 27.9 Å². The molecule has 0 fully saturated rings. The molecular weight excluding hydrogens is 430 g/mol. The lowest BCUT2D eigenvalue weighted by atomic mass is 10.1.